The smallest absolute Gasteiger partial charge is 0.385 e. The molecule has 0 unspecified atom stereocenters. The van der Waals surface area contributed by atoms with Crippen molar-refractivity contribution >= 4 is 16.5 Å². The van der Waals surface area contributed by atoms with Crippen LogP contribution in [0.15, 0.2) is 66.7 Å². The number of hydrogen-bond donors (Lipinski definition) is 1. The molecule has 23 heavy (non-hydrogen) atoms. The average molecular weight is 315 g/mol. The van der Waals surface area contributed by atoms with Gasteiger partial charge in [0, 0.05) is 12.2 Å². The van der Waals surface area contributed by atoms with Crippen LogP contribution in [0.3, 0.4) is 0 Å². The number of halogens is 3. The van der Waals surface area contributed by atoms with Crippen LogP contribution in [0.2, 0.25) is 0 Å². The van der Waals surface area contributed by atoms with Gasteiger partial charge in [0.25, 0.3) is 0 Å². The number of rotatable bonds is 4. The normalized spacial score (nSPS) is 11.6. The van der Waals surface area contributed by atoms with Crippen LogP contribution >= 0.6 is 0 Å². The lowest BCUT2D eigenvalue weighted by atomic mass is 10.0. The van der Waals surface area contributed by atoms with Gasteiger partial charge in [0.15, 0.2) is 0 Å². The Labute approximate surface area is 132 Å². The molecular formula is C19H16F3N. The maximum atomic E-state index is 12.7. The zero-order valence-corrected chi connectivity index (χ0v) is 12.4. The lowest BCUT2D eigenvalue weighted by molar-refractivity contribution is -0.137. The first-order valence-corrected chi connectivity index (χ1v) is 7.42. The van der Waals surface area contributed by atoms with E-state index in [0.717, 1.165) is 18.6 Å². The minimum Gasteiger partial charge on any atom is -0.385 e. The molecular weight excluding hydrogens is 299 g/mol. The van der Waals surface area contributed by atoms with Gasteiger partial charge in [-0.2, -0.15) is 13.2 Å². The van der Waals surface area contributed by atoms with Crippen molar-refractivity contribution in [2.24, 2.45) is 0 Å². The summed E-state index contributed by atoms with van der Waals surface area (Å²) in [6.07, 6.45) is -3.56. The van der Waals surface area contributed by atoms with Gasteiger partial charge in [0.05, 0.1) is 5.56 Å². The lowest BCUT2D eigenvalue weighted by Gasteiger charge is -2.11. The molecule has 3 aromatic rings. The monoisotopic (exact) mass is 315 g/mol. The Bertz CT molecular complexity index is 804. The van der Waals surface area contributed by atoms with Crippen molar-refractivity contribution in [2.75, 3.05) is 11.9 Å². The SMILES string of the molecule is FC(F)(F)c1cccc(NCCc2cccc3ccccc23)c1. The number of nitrogens with one attached hydrogen (secondary N) is 1. The second-order valence-electron chi connectivity index (χ2n) is 5.39. The van der Waals surface area contributed by atoms with Crippen molar-refractivity contribution in [1.29, 1.82) is 0 Å². The molecule has 118 valence electrons. The van der Waals surface area contributed by atoms with Gasteiger partial charge in [0.2, 0.25) is 0 Å². The van der Waals surface area contributed by atoms with E-state index in [1.165, 1.54) is 22.4 Å². The third-order valence-corrected chi connectivity index (χ3v) is 3.79. The van der Waals surface area contributed by atoms with Gasteiger partial charge in [-0.05, 0) is 41.0 Å². The van der Waals surface area contributed by atoms with Crippen molar-refractivity contribution < 1.29 is 13.2 Å². The summed E-state index contributed by atoms with van der Waals surface area (Å²) in [6.45, 7) is 0.579. The molecule has 0 bridgehead atoms. The van der Waals surface area contributed by atoms with Gasteiger partial charge in [-0.25, -0.2) is 0 Å². The molecule has 3 rings (SSSR count). The predicted octanol–water partition coefficient (Wildman–Crippen LogP) is 5.51. The Morgan fingerprint density at radius 3 is 2.39 bits per heavy atom. The first-order chi connectivity index (χ1) is 11.0. The molecule has 1 nitrogen and oxygen atoms in total. The molecule has 0 aromatic heterocycles. The van der Waals surface area contributed by atoms with Crippen LogP contribution in [0.4, 0.5) is 18.9 Å². The van der Waals surface area contributed by atoms with Crippen LogP contribution in [0.5, 0.6) is 0 Å². The largest absolute Gasteiger partial charge is 0.416 e. The number of hydrogen-bond acceptors (Lipinski definition) is 1. The summed E-state index contributed by atoms with van der Waals surface area (Å²) in [5.74, 6) is 0. The van der Waals surface area contributed by atoms with Crippen molar-refractivity contribution in [3.05, 3.63) is 77.9 Å². The molecule has 0 aliphatic carbocycles. The molecule has 0 saturated heterocycles. The molecule has 0 aliphatic heterocycles. The number of benzene rings is 3. The molecule has 0 amide bonds. The fourth-order valence-corrected chi connectivity index (χ4v) is 2.66. The summed E-state index contributed by atoms with van der Waals surface area (Å²) in [6, 6.07) is 19.5. The zero-order valence-electron chi connectivity index (χ0n) is 12.4. The van der Waals surface area contributed by atoms with Crippen molar-refractivity contribution in [1.82, 2.24) is 0 Å². The fourth-order valence-electron chi connectivity index (χ4n) is 2.66. The van der Waals surface area contributed by atoms with E-state index in [9.17, 15) is 13.2 Å². The van der Waals surface area contributed by atoms with E-state index >= 15 is 0 Å². The molecule has 0 heterocycles. The Balaban J connectivity index is 1.70. The molecule has 1 N–H and O–H groups in total. The number of alkyl halides is 3. The summed E-state index contributed by atoms with van der Waals surface area (Å²) in [5.41, 5.74) is 1.04. The van der Waals surface area contributed by atoms with Crippen LogP contribution in [-0.4, -0.2) is 6.54 Å². The molecule has 4 heteroatoms. The molecule has 0 spiro atoms. The van der Waals surface area contributed by atoms with Gasteiger partial charge in [0.1, 0.15) is 0 Å². The lowest BCUT2D eigenvalue weighted by Crippen LogP contribution is -2.08. The number of fused-ring (bicyclic) bond motifs is 1. The van der Waals surface area contributed by atoms with Crippen LogP contribution in [0, 0.1) is 0 Å². The Hall–Kier alpha value is -2.49. The Kier molecular flexibility index (Phi) is 4.24. The van der Waals surface area contributed by atoms with Crippen molar-refractivity contribution in [2.45, 2.75) is 12.6 Å². The first kappa shape index (κ1) is 15.4. The highest BCUT2D eigenvalue weighted by Gasteiger charge is 2.30. The van der Waals surface area contributed by atoms with E-state index in [2.05, 4.69) is 29.6 Å². The van der Waals surface area contributed by atoms with Gasteiger partial charge >= 0.3 is 6.18 Å². The summed E-state index contributed by atoms with van der Waals surface area (Å²) in [7, 11) is 0. The van der Waals surface area contributed by atoms with Gasteiger partial charge in [-0.15, -0.1) is 0 Å². The minimum absolute atomic E-state index is 0.486. The molecule has 0 atom stereocenters. The number of anilines is 1. The van der Waals surface area contributed by atoms with E-state index in [-0.39, 0.29) is 0 Å². The second kappa shape index (κ2) is 6.32. The summed E-state index contributed by atoms with van der Waals surface area (Å²) >= 11 is 0. The summed E-state index contributed by atoms with van der Waals surface area (Å²) < 4.78 is 38.1. The molecule has 0 aliphatic rings. The third kappa shape index (κ3) is 3.65. The van der Waals surface area contributed by atoms with Gasteiger partial charge in [-0.1, -0.05) is 48.5 Å². The molecule has 0 fully saturated rings. The van der Waals surface area contributed by atoms with E-state index in [4.69, 9.17) is 0 Å². The maximum absolute atomic E-state index is 12.7. The minimum atomic E-state index is -4.31. The average Bonchev–Trinajstić information content (AvgIpc) is 2.55. The molecule has 0 saturated carbocycles. The topological polar surface area (TPSA) is 12.0 Å². The molecule has 3 aromatic carbocycles. The second-order valence-corrected chi connectivity index (χ2v) is 5.39. The molecule has 0 radical (unpaired) electrons. The van der Waals surface area contributed by atoms with Crippen LogP contribution in [-0.2, 0) is 12.6 Å². The quantitative estimate of drug-likeness (QED) is 0.669. The highest BCUT2D eigenvalue weighted by molar-refractivity contribution is 5.85. The Morgan fingerprint density at radius 1 is 0.826 bits per heavy atom. The third-order valence-electron chi connectivity index (χ3n) is 3.79. The Morgan fingerprint density at radius 2 is 1.57 bits per heavy atom. The summed E-state index contributed by atoms with van der Waals surface area (Å²) in [5, 5.41) is 5.42. The van der Waals surface area contributed by atoms with Crippen LogP contribution in [0.25, 0.3) is 10.8 Å². The highest BCUT2D eigenvalue weighted by Crippen LogP contribution is 2.30. The van der Waals surface area contributed by atoms with E-state index < -0.39 is 11.7 Å². The van der Waals surface area contributed by atoms with E-state index in [1.54, 1.807) is 6.07 Å². The van der Waals surface area contributed by atoms with E-state index in [1.807, 2.05) is 18.2 Å². The standard InChI is InChI=1S/C19H16F3N/c20-19(21,22)16-8-4-9-17(13-16)23-12-11-15-7-3-6-14-5-1-2-10-18(14)15/h1-10,13,23H,11-12H2. The highest BCUT2D eigenvalue weighted by atomic mass is 19.4. The van der Waals surface area contributed by atoms with Crippen molar-refractivity contribution in [3.63, 3.8) is 0 Å². The van der Waals surface area contributed by atoms with Gasteiger partial charge < -0.3 is 5.32 Å². The first-order valence-electron chi connectivity index (χ1n) is 7.42. The van der Waals surface area contributed by atoms with E-state index in [0.29, 0.717) is 12.2 Å². The maximum Gasteiger partial charge on any atom is 0.416 e. The van der Waals surface area contributed by atoms with Crippen molar-refractivity contribution in [3.8, 4) is 0 Å². The zero-order chi connectivity index (χ0) is 16.3. The summed E-state index contributed by atoms with van der Waals surface area (Å²) in [4.78, 5) is 0. The fraction of sp³-hybridized carbons (Fsp3) is 0.158. The van der Waals surface area contributed by atoms with Gasteiger partial charge in [-0.3, -0.25) is 0 Å². The predicted molar refractivity (Wildman–Crippen MR) is 87.6 cm³/mol. The van der Waals surface area contributed by atoms with Crippen LogP contribution in [0.1, 0.15) is 11.1 Å². The van der Waals surface area contributed by atoms with Crippen LogP contribution < -0.4 is 5.32 Å².